The number of hydrogen-bond donors (Lipinski definition) is 0. The molecule has 4 heavy (non-hydrogen) atoms. The molecule has 0 fully saturated rings. The van der Waals surface area contributed by atoms with E-state index in [1.165, 1.54) is 0 Å². The summed E-state index contributed by atoms with van der Waals surface area (Å²) in [6.07, 6.45) is 0. The maximum Gasteiger partial charge on any atom is 0 e. The molecular weight excluding hydrogens is 378 g/mol. The van der Waals surface area contributed by atoms with E-state index >= 15 is 0 Å². The van der Waals surface area contributed by atoms with Crippen molar-refractivity contribution in [2.45, 2.75) is 0 Å². The molecule has 0 bridgehead atoms. The van der Waals surface area contributed by atoms with E-state index in [9.17, 15) is 0 Å². The van der Waals surface area contributed by atoms with Gasteiger partial charge in [-0.2, -0.15) is 0 Å². The molecule has 10 radical (unpaired) electrons. The SMILES string of the molecule is [Ge].[Ni].[Sn].[Te]. The van der Waals surface area contributed by atoms with E-state index in [4.69, 9.17) is 0 Å². The average molecular weight is 378 g/mol. The van der Waals surface area contributed by atoms with Crippen LogP contribution >= 0.6 is 0 Å². The van der Waals surface area contributed by atoms with Gasteiger partial charge in [-0.25, -0.2) is 0 Å². The molecule has 0 spiro atoms. The van der Waals surface area contributed by atoms with Crippen molar-refractivity contribution in [2.75, 3.05) is 0 Å². The van der Waals surface area contributed by atoms with Gasteiger partial charge in [0.1, 0.15) is 0 Å². The van der Waals surface area contributed by atoms with Gasteiger partial charge >= 0.3 is 0 Å². The summed E-state index contributed by atoms with van der Waals surface area (Å²) in [5.41, 5.74) is 0. The Morgan fingerprint density at radius 3 is 1.00 bits per heavy atom. The van der Waals surface area contributed by atoms with Crippen LogP contribution in [0.5, 0.6) is 0 Å². The Bertz CT molecular complexity index is 8.00. The van der Waals surface area contributed by atoms with E-state index in [0.29, 0.717) is 0 Å². The van der Waals surface area contributed by atoms with Gasteiger partial charge in [0.25, 0.3) is 0 Å². The van der Waals surface area contributed by atoms with Gasteiger partial charge in [-0.15, -0.1) is 0 Å². The quantitative estimate of drug-likeness (QED) is 0.468. The van der Waals surface area contributed by atoms with Crippen LogP contribution in [0, 0.1) is 0 Å². The third-order valence-electron chi connectivity index (χ3n) is 0. The Kier molecular flexibility index (Phi) is 133. The van der Waals surface area contributed by atoms with Gasteiger partial charge in [-0.05, 0) is 0 Å². The van der Waals surface area contributed by atoms with Crippen molar-refractivity contribution in [3.05, 3.63) is 0 Å². The molecule has 0 amide bonds. The Balaban J connectivity index is 0. The predicted molar refractivity (Wildman–Crippen MR) is 17.3 cm³/mol. The molecule has 0 saturated carbocycles. The van der Waals surface area contributed by atoms with Crippen molar-refractivity contribution in [1.29, 1.82) is 0 Å². The second-order valence-electron chi connectivity index (χ2n) is 0. The first-order chi connectivity index (χ1) is 0. The van der Waals surface area contributed by atoms with E-state index in [-0.39, 0.29) is 81.7 Å². The summed E-state index contributed by atoms with van der Waals surface area (Å²) in [5.74, 6) is 0. The van der Waals surface area contributed by atoms with Crippen LogP contribution in [0.15, 0.2) is 0 Å². The first-order valence-corrected chi connectivity index (χ1v) is 0. The summed E-state index contributed by atoms with van der Waals surface area (Å²) in [6, 6.07) is 0. The summed E-state index contributed by atoms with van der Waals surface area (Å²) in [7, 11) is 0. The molecular formula is GeNiSnTe. The summed E-state index contributed by atoms with van der Waals surface area (Å²) < 4.78 is 0. The van der Waals surface area contributed by atoms with E-state index in [2.05, 4.69) is 0 Å². The van der Waals surface area contributed by atoms with Gasteiger partial charge < -0.3 is 0 Å². The molecule has 0 aromatic heterocycles. The molecule has 0 unspecified atom stereocenters. The van der Waals surface area contributed by atoms with Crippen LogP contribution in [0.2, 0.25) is 0 Å². The largest absolute Gasteiger partial charge is 0 e. The van der Waals surface area contributed by atoms with Crippen molar-refractivity contribution >= 4 is 65.2 Å². The predicted octanol–water partition coefficient (Wildman–Crippen LogP) is -1.14. The summed E-state index contributed by atoms with van der Waals surface area (Å²) in [4.78, 5) is 0. The summed E-state index contributed by atoms with van der Waals surface area (Å²) in [5, 5.41) is 0. The van der Waals surface area contributed by atoms with Crippen LogP contribution in [0.1, 0.15) is 0 Å². The Morgan fingerprint density at radius 2 is 1.00 bits per heavy atom. The van der Waals surface area contributed by atoms with Gasteiger partial charge in [-0.3, -0.25) is 0 Å². The molecule has 24 valence electrons. The topological polar surface area (TPSA) is 0 Å². The first kappa shape index (κ1) is 30.4. The summed E-state index contributed by atoms with van der Waals surface area (Å²) >= 11 is 0. The van der Waals surface area contributed by atoms with Crippen LogP contribution in [0.25, 0.3) is 0 Å². The molecule has 0 aliphatic rings. The Morgan fingerprint density at radius 1 is 1.00 bits per heavy atom. The zero-order valence-electron chi connectivity index (χ0n) is 1.72. The number of hydrogen-bond acceptors (Lipinski definition) is 0. The van der Waals surface area contributed by atoms with Gasteiger partial charge in [0.15, 0.2) is 0 Å². The van der Waals surface area contributed by atoms with Gasteiger partial charge in [0, 0.05) is 81.7 Å². The fraction of sp³-hybridized carbons (Fsp3) is 0. The minimum Gasteiger partial charge on any atom is 0 e. The maximum atomic E-state index is 0. The molecule has 0 aromatic rings. The van der Waals surface area contributed by atoms with Crippen molar-refractivity contribution in [1.82, 2.24) is 0 Å². The van der Waals surface area contributed by atoms with Gasteiger partial charge in [0.05, 0.1) is 0 Å². The molecule has 0 N–H and O–H groups in total. The van der Waals surface area contributed by atoms with Crippen molar-refractivity contribution in [2.24, 2.45) is 0 Å². The monoisotopic (exact) mass is 382 g/mol. The Hall–Kier alpha value is 2.62. The van der Waals surface area contributed by atoms with Crippen LogP contribution in [0.4, 0.5) is 0 Å². The molecule has 0 aromatic carbocycles. The van der Waals surface area contributed by atoms with Crippen LogP contribution in [-0.2, 0) is 16.5 Å². The minimum atomic E-state index is 0. The van der Waals surface area contributed by atoms with E-state index < -0.39 is 0 Å². The Labute approximate surface area is 80.4 Å². The standard InChI is InChI=1S/Ge.Ni.Sn.Te. The van der Waals surface area contributed by atoms with Crippen LogP contribution in [0.3, 0.4) is 0 Å². The second kappa shape index (κ2) is 17.5. The second-order valence-corrected chi connectivity index (χ2v) is 0. The summed E-state index contributed by atoms with van der Waals surface area (Å²) in [6.45, 7) is 0. The third kappa shape index (κ3) is 8.82. The first-order valence-electron chi connectivity index (χ1n) is 0. The van der Waals surface area contributed by atoms with E-state index in [1.807, 2.05) is 0 Å². The minimum absolute atomic E-state index is 0. The van der Waals surface area contributed by atoms with Gasteiger partial charge in [0.2, 0.25) is 0 Å². The fourth-order valence-corrected chi connectivity index (χ4v) is 0. The third-order valence-corrected chi connectivity index (χ3v) is 0. The normalized spacial score (nSPS) is 0. The van der Waals surface area contributed by atoms with Crippen molar-refractivity contribution < 1.29 is 16.5 Å². The van der Waals surface area contributed by atoms with Crippen LogP contribution in [-0.4, -0.2) is 65.2 Å². The molecule has 0 saturated heterocycles. The molecule has 0 heterocycles. The zero-order valence-corrected chi connectivity index (χ0v) is 9.99. The van der Waals surface area contributed by atoms with E-state index in [1.54, 1.807) is 0 Å². The molecule has 0 atom stereocenters. The van der Waals surface area contributed by atoms with Crippen molar-refractivity contribution in [3.8, 4) is 0 Å². The fourth-order valence-electron chi connectivity index (χ4n) is 0. The zero-order chi connectivity index (χ0) is 0. The molecule has 0 aliphatic carbocycles. The molecule has 0 aliphatic heterocycles. The van der Waals surface area contributed by atoms with E-state index in [0.717, 1.165) is 0 Å². The number of rotatable bonds is 0. The van der Waals surface area contributed by atoms with Gasteiger partial charge in [-0.1, -0.05) is 0 Å². The maximum absolute atomic E-state index is 0. The molecule has 4 heteroatoms. The smallest absolute Gasteiger partial charge is 0 e. The molecule has 0 nitrogen and oxygen atoms in total. The van der Waals surface area contributed by atoms with Crippen LogP contribution < -0.4 is 0 Å². The van der Waals surface area contributed by atoms with Crippen molar-refractivity contribution in [3.63, 3.8) is 0 Å². The average Bonchev–Trinajstić information content (AvgIpc) is 0. The molecule has 0 rings (SSSR count).